The Hall–Kier alpha value is -3.65. The molecular formula is C22H19N5O2S. The van der Waals surface area contributed by atoms with E-state index in [-0.39, 0.29) is 5.91 Å². The van der Waals surface area contributed by atoms with Crippen LogP contribution in [0.3, 0.4) is 0 Å². The van der Waals surface area contributed by atoms with Gasteiger partial charge in [-0.15, -0.1) is 0 Å². The van der Waals surface area contributed by atoms with Crippen molar-refractivity contribution in [1.82, 2.24) is 20.2 Å². The number of rotatable bonds is 8. The summed E-state index contributed by atoms with van der Waals surface area (Å²) in [5, 5.41) is 10.3. The van der Waals surface area contributed by atoms with Gasteiger partial charge in [0, 0.05) is 41.0 Å². The first-order valence-electron chi connectivity index (χ1n) is 9.27. The summed E-state index contributed by atoms with van der Waals surface area (Å²) in [5.41, 5.74) is 3.18. The predicted octanol–water partition coefficient (Wildman–Crippen LogP) is 4.32. The van der Waals surface area contributed by atoms with Crippen LogP contribution in [0.2, 0.25) is 0 Å². The fraction of sp³-hybridized carbons (Fsp3) is 0.0909. The molecule has 0 fully saturated rings. The van der Waals surface area contributed by atoms with Gasteiger partial charge in [-0.1, -0.05) is 42.1 Å². The van der Waals surface area contributed by atoms with Crippen LogP contribution in [0, 0.1) is 0 Å². The maximum absolute atomic E-state index is 12.9. The SMILES string of the molecule is O=C(Nc1cccc(OCc2cccnc2)c1)c1ccccc1CSc1ncn[nH]1. The van der Waals surface area contributed by atoms with Crippen LogP contribution in [0.15, 0.2) is 84.5 Å². The van der Waals surface area contributed by atoms with Crippen molar-refractivity contribution in [3.8, 4) is 5.75 Å². The standard InChI is InChI=1S/C22H19N5O2S/c28-21(20-9-2-1-6-17(20)14-30-22-24-15-25-27-22)26-18-7-3-8-19(11-18)29-13-16-5-4-10-23-12-16/h1-12,15H,13-14H2,(H,26,28)(H,24,25,27). The second kappa shape index (κ2) is 9.71. The van der Waals surface area contributed by atoms with Crippen molar-refractivity contribution in [3.05, 3.63) is 96.1 Å². The minimum atomic E-state index is -0.173. The van der Waals surface area contributed by atoms with Gasteiger partial charge in [0.2, 0.25) is 0 Å². The number of pyridine rings is 1. The maximum Gasteiger partial charge on any atom is 0.255 e. The summed E-state index contributed by atoms with van der Waals surface area (Å²) in [6.45, 7) is 0.410. The molecule has 0 aliphatic heterocycles. The highest BCUT2D eigenvalue weighted by Crippen LogP contribution is 2.23. The number of H-pyrrole nitrogens is 1. The molecule has 2 heterocycles. The molecule has 0 saturated heterocycles. The number of thioether (sulfide) groups is 1. The minimum Gasteiger partial charge on any atom is -0.489 e. The van der Waals surface area contributed by atoms with Crippen LogP contribution in [-0.4, -0.2) is 26.1 Å². The zero-order chi connectivity index (χ0) is 20.6. The number of anilines is 1. The minimum absolute atomic E-state index is 0.173. The number of benzene rings is 2. The smallest absolute Gasteiger partial charge is 0.255 e. The molecule has 1 amide bonds. The van der Waals surface area contributed by atoms with Gasteiger partial charge in [0.05, 0.1) is 0 Å². The molecule has 0 aliphatic rings. The zero-order valence-corrected chi connectivity index (χ0v) is 16.8. The molecule has 0 bridgehead atoms. The van der Waals surface area contributed by atoms with Gasteiger partial charge in [-0.3, -0.25) is 14.9 Å². The van der Waals surface area contributed by atoms with E-state index in [1.165, 1.54) is 18.1 Å². The average Bonchev–Trinajstić information content (AvgIpc) is 3.31. The van der Waals surface area contributed by atoms with Crippen LogP contribution in [0.5, 0.6) is 5.75 Å². The van der Waals surface area contributed by atoms with Crippen molar-refractivity contribution in [1.29, 1.82) is 0 Å². The van der Waals surface area contributed by atoms with Crippen LogP contribution >= 0.6 is 11.8 Å². The van der Waals surface area contributed by atoms with Crippen molar-refractivity contribution in [2.75, 3.05) is 5.32 Å². The first-order chi connectivity index (χ1) is 14.8. The summed E-state index contributed by atoms with van der Waals surface area (Å²) in [6.07, 6.45) is 4.95. The van der Waals surface area contributed by atoms with Gasteiger partial charge in [0.15, 0.2) is 5.16 Å². The van der Waals surface area contributed by atoms with Gasteiger partial charge in [0.25, 0.3) is 5.91 Å². The molecule has 2 aromatic carbocycles. The zero-order valence-electron chi connectivity index (χ0n) is 16.0. The first-order valence-corrected chi connectivity index (χ1v) is 10.3. The number of carbonyl (C=O) groups is 1. The Morgan fingerprint density at radius 1 is 1.10 bits per heavy atom. The van der Waals surface area contributed by atoms with E-state index >= 15 is 0 Å². The second-order valence-electron chi connectivity index (χ2n) is 6.37. The highest BCUT2D eigenvalue weighted by molar-refractivity contribution is 7.98. The van der Waals surface area contributed by atoms with Crippen molar-refractivity contribution in [2.24, 2.45) is 0 Å². The molecule has 150 valence electrons. The summed E-state index contributed by atoms with van der Waals surface area (Å²) in [6, 6.07) is 18.7. The van der Waals surface area contributed by atoms with Crippen LogP contribution in [0.25, 0.3) is 0 Å². The highest BCUT2D eigenvalue weighted by atomic mass is 32.2. The van der Waals surface area contributed by atoms with Gasteiger partial charge in [0.1, 0.15) is 18.7 Å². The summed E-state index contributed by atoms with van der Waals surface area (Å²) < 4.78 is 5.81. The van der Waals surface area contributed by atoms with E-state index in [1.54, 1.807) is 18.5 Å². The lowest BCUT2D eigenvalue weighted by atomic mass is 10.1. The molecular weight excluding hydrogens is 398 g/mol. The normalized spacial score (nSPS) is 10.5. The highest BCUT2D eigenvalue weighted by Gasteiger charge is 2.12. The third kappa shape index (κ3) is 5.24. The van der Waals surface area contributed by atoms with E-state index in [0.717, 1.165) is 11.1 Å². The molecule has 30 heavy (non-hydrogen) atoms. The van der Waals surface area contributed by atoms with E-state index in [9.17, 15) is 4.79 Å². The van der Waals surface area contributed by atoms with E-state index in [0.29, 0.717) is 34.5 Å². The molecule has 8 heteroatoms. The Kier molecular flexibility index (Phi) is 6.36. The third-order valence-electron chi connectivity index (χ3n) is 4.24. The van der Waals surface area contributed by atoms with Gasteiger partial charge >= 0.3 is 0 Å². The van der Waals surface area contributed by atoms with Crippen LogP contribution in [0.1, 0.15) is 21.5 Å². The lowest BCUT2D eigenvalue weighted by molar-refractivity contribution is 0.102. The average molecular weight is 417 g/mol. The number of carbonyl (C=O) groups excluding carboxylic acids is 1. The van der Waals surface area contributed by atoms with Crippen LogP contribution < -0.4 is 10.1 Å². The fourth-order valence-corrected chi connectivity index (χ4v) is 3.57. The van der Waals surface area contributed by atoms with Gasteiger partial charge in [-0.05, 0) is 29.8 Å². The predicted molar refractivity (Wildman–Crippen MR) is 115 cm³/mol. The topological polar surface area (TPSA) is 92.8 Å². The quantitative estimate of drug-likeness (QED) is 0.415. The molecule has 2 aromatic heterocycles. The first kappa shape index (κ1) is 19.7. The third-order valence-corrected chi connectivity index (χ3v) is 5.16. The lowest BCUT2D eigenvalue weighted by Gasteiger charge is -2.11. The van der Waals surface area contributed by atoms with E-state index in [2.05, 4.69) is 25.5 Å². The number of aromatic nitrogens is 4. The molecule has 4 aromatic rings. The Balaban J connectivity index is 1.41. The molecule has 0 unspecified atom stereocenters. The van der Waals surface area contributed by atoms with Gasteiger partial charge in [-0.25, -0.2) is 4.98 Å². The number of ether oxygens (including phenoxy) is 1. The number of aromatic amines is 1. The van der Waals surface area contributed by atoms with E-state index in [4.69, 9.17) is 4.74 Å². The molecule has 0 atom stereocenters. The van der Waals surface area contributed by atoms with E-state index < -0.39 is 0 Å². The van der Waals surface area contributed by atoms with Crippen LogP contribution in [0.4, 0.5) is 5.69 Å². The monoisotopic (exact) mass is 417 g/mol. The summed E-state index contributed by atoms with van der Waals surface area (Å²) in [4.78, 5) is 21.1. The number of hydrogen-bond acceptors (Lipinski definition) is 6. The second-order valence-corrected chi connectivity index (χ2v) is 7.33. The molecule has 7 nitrogen and oxygen atoms in total. The Labute approximate surface area is 177 Å². The number of amides is 1. The van der Waals surface area contributed by atoms with Crippen molar-refractivity contribution in [2.45, 2.75) is 17.5 Å². The Morgan fingerprint density at radius 2 is 2.03 bits per heavy atom. The van der Waals surface area contributed by atoms with Crippen molar-refractivity contribution in [3.63, 3.8) is 0 Å². The van der Waals surface area contributed by atoms with Crippen LogP contribution in [-0.2, 0) is 12.4 Å². The Bertz CT molecular complexity index is 1100. The molecule has 0 aliphatic carbocycles. The Morgan fingerprint density at radius 3 is 2.87 bits per heavy atom. The lowest BCUT2D eigenvalue weighted by Crippen LogP contribution is -2.14. The number of nitrogens with one attached hydrogen (secondary N) is 2. The van der Waals surface area contributed by atoms with Crippen molar-refractivity contribution >= 4 is 23.4 Å². The number of nitrogens with zero attached hydrogens (tertiary/aromatic N) is 3. The molecule has 0 radical (unpaired) electrons. The van der Waals surface area contributed by atoms with Crippen molar-refractivity contribution < 1.29 is 9.53 Å². The van der Waals surface area contributed by atoms with E-state index in [1.807, 2.05) is 54.6 Å². The molecule has 4 rings (SSSR count). The summed E-state index contributed by atoms with van der Waals surface area (Å²) in [5.74, 6) is 1.10. The summed E-state index contributed by atoms with van der Waals surface area (Å²) >= 11 is 1.49. The van der Waals surface area contributed by atoms with Gasteiger partial charge in [-0.2, -0.15) is 5.10 Å². The maximum atomic E-state index is 12.9. The molecule has 0 spiro atoms. The fourth-order valence-electron chi connectivity index (χ4n) is 2.79. The number of hydrogen-bond donors (Lipinski definition) is 2. The summed E-state index contributed by atoms with van der Waals surface area (Å²) in [7, 11) is 0. The van der Waals surface area contributed by atoms with Gasteiger partial charge < -0.3 is 10.1 Å². The molecule has 0 saturated carbocycles. The largest absolute Gasteiger partial charge is 0.489 e. The molecule has 2 N–H and O–H groups in total.